The molecule has 2 unspecified atom stereocenters. The van der Waals surface area contributed by atoms with E-state index in [4.69, 9.17) is 4.74 Å². The molecule has 9 rings (SSSR count). The fraction of sp³-hybridized carbons (Fsp3) is 1.00. The SMILES string of the molecule is C1CCOC1.CC(O)[C@H]1CC[C@H]2[C@@H]3CC[C@H]4C[C@@H](C)CC[C@]4(C)[C@H]3CC[C@]12C.CC(O)[C@H]1CC[C@H]2[C@@H]3CC[C@H]4C[C@@H](O)CC[C@]4(C)[C@H]3CC[C@]12C.Cl. The van der Waals surface area contributed by atoms with Gasteiger partial charge in [0.1, 0.15) is 0 Å². The van der Waals surface area contributed by atoms with Crippen molar-refractivity contribution >= 4 is 12.4 Å². The van der Waals surface area contributed by atoms with Crippen molar-refractivity contribution in [1.82, 2.24) is 0 Å². The standard InChI is InChI=1S/C22H38O.C21H36O2.C4H8O.ClH/c1-14-9-11-21(3)16(13-14)5-6-17-19-8-7-18(15(2)23)22(19,4)12-10-20(17)21;1-13(22)17-6-7-18-16-5-4-14-12-15(23)8-10-20(14,2)19(16)9-11-21(17,18)3;1-2-4-5-3-1;/h14-20,23H,5-13H2,1-4H3;13-19,22-23H,4-12H2,1-3H3;1-4H2;1H/t14-,15?,16-,17-,18+,19-,20-,21-,22+;13?,14-,15-,16-,17+,18-,19-,20-,21+;;/m00../s1. The van der Waals surface area contributed by atoms with Crippen molar-refractivity contribution < 1.29 is 20.1 Å². The van der Waals surface area contributed by atoms with Gasteiger partial charge in [0.2, 0.25) is 0 Å². The van der Waals surface area contributed by atoms with Gasteiger partial charge in [-0.1, -0.05) is 41.0 Å². The first-order valence-electron chi connectivity index (χ1n) is 22.8. The Morgan fingerprint density at radius 2 is 0.942 bits per heavy atom. The lowest BCUT2D eigenvalue weighted by Crippen LogP contribution is -2.54. The highest BCUT2D eigenvalue weighted by molar-refractivity contribution is 5.85. The van der Waals surface area contributed by atoms with E-state index in [1.807, 2.05) is 13.8 Å². The topological polar surface area (TPSA) is 69.9 Å². The Balaban J connectivity index is 0.000000155. The molecule has 0 aromatic rings. The first-order valence-corrected chi connectivity index (χ1v) is 22.8. The molecular formula is C47H83ClO4. The van der Waals surface area contributed by atoms with Crippen molar-refractivity contribution in [2.75, 3.05) is 13.2 Å². The Kier molecular flexibility index (Phi) is 13.0. The highest BCUT2D eigenvalue weighted by Crippen LogP contribution is 2.69. The fourth-order valence-corrected chi connectivity index (χ4v) is 16.9. The summed E-state index contributed by atoms with van der Waals surface area (Å²) in [4.78, 5) is 0. The van der Waals surface area contributed by atoms with Gasteiger partial charge in [0.05, 0.1) is 18.3 Å². The molecule has 9 aliphatic rings. The fourth-order valence-electron chi connectivity index (χ4n) is 16.9. The van der Waals surface area contributed by atoms with Crippen molar-refractivity contribution in [2.45, 2.75) is 195 Å². The molecule has 0 amide bonds. The summed E-state index contributed by atoms with van der Waals surface area (Å²) in [6, 6.07) is 0. The molecule has 4 nitrogen and oxygen atoms in total. The second-order valence-electron chi connectivity index (χ2n) is 21.9. The minimum atomic E-state index is -0.140. The quantitative estimate of drug-likeness (QED) is 0.263. The average molecular weight is 748 g/mol. The monoisotopic (exact) mass is 747 g/mol. The van der Waals surface area contributed by atoms with Gasteiger partial charge in [-0.15, -0.1) is 12.4 Å². The highest BCUT2D eigenvalue weighted by Gasteiger charge is 2.62. The largest absolute Gasteiger partial charge is 0.393 e. The average Bonchev–Trinajstić information content (AvgIpc) is 3.85. The number of hydrogen-bond acceptors (Lipinski definition) is 4. The van der Waals surface area contributed by atoms with Crippen molar-refractivity contribution in [2.24, 2.45) is 86.8 Å². The van der Waals surface area contributed by atoms with E-state index in [9.17, 15) is 15.3 Å². The number of rotatable bonds is 2. The van der Waals surface area contributed by atoms with E-state index in [-0.39, 0.29) is 30.7 Å². The van der Waals surface area contributed by atoms with E-state index >= 15 is 0 Å². The normalized spacial score (nSPS) is 53.0. The van der Waals surface area contributed by atoms with E-state index in [2.05, 4.69) is 34.6 Å². The van der Waals surface area contributed by atoms with Crippen molar-refractivity contribution in [1.29, 1.82) is 0 Å². The number of aliphatic hydroxyl groups is 3. The molecule has 1 saturated heterocycles. The van der Waals surface area contributed by atoms with Gasteiger partial charge in [-0.2, -0.15) is 0 Å². The van der Waals surface area contributed by atoms with Crippen LogP contribution in [0, 0.1) is 86.8 Å². The molecule has 18 atom stereocenters. The summed E-state index contributed by atoms with van der Waals surface area (Å²) >= 11 is 0. The molecule has 52 heavy (non-hydrogen) atoms. The lowest BCUT2D eigenvalue weighted by atomic mass is 9.44. The molecule has 3 N–H and O–H groups in total. The van der Waals surface area contributed by atoms with E-state index in [1.54, 1.807) is 0 Å². The summed E-state index contributed by atoms with van der Waals surface area (Å²) in [6.45, 7) is 18.8. The molecule has 5 heteroatoms. The third kappa shape index (κ3) is 7.26. The van der Waals surface area contributed by atoms with E-state index in [0.29, 0.717) is 33.5 Å². The zero-order valence-corrected chi connectivity index (χ0v) is 35.6. The second-order valence-corrected chi connectivity index (χ2v) is 21.9. The maximum absolute atomic E-state index is 10.3. The highest BCUT2D eigenvalue weighted by atomic mass is 35.5. The Bertz CT molecular complexity index is 1080. The van der Waals surface area contributed by atoms with Gasteiger partial charge in [0.15, 0.2) is 0 Å². The number of hydrogen-bond donors (Lipinski definition) is 3. The second kappa shape index (κ2) is 16.2. The van der Waals surface area contributed by atoms with Crippen LogP contribution in [0.3, 0.4) is 0 Å². The third-order valence-corrected chi connectivity index (χ3v) is 19.7. The first kappa shape index (κ1) is 41.8. The van der Waals surface area contributed by atoms with Crippen molar-refractivity contribution in [3.8, 4) is 0 Å². The molecular weight excluding hydrogens is 664 g/mol. The van der Waals surface area contributed by atoms with Crippen LogP contribution in [0.2, 0.25) is 0 Å². The molecule has 0 bridgehead atoms. The van der Waals surface area contributed by atoms with Crippen LogP contribution >= 0.6 is 12.4 Å². The summed E-state index contributed by atoms with van der Waals surface area (Å²) in [5, 5.41) is 30.7. The maximum atomic E-state index is 10.3. The summed E-state index contributed by atoms with van der Waals surface area (Å²) in [5.74, 6) is 9.25. The number of halogens is 1. The van der Waals surface area contributed by atoms with Crippen molar-refractivity contribution in [3.63, 3.8) is 0 Å². The third-order valence-electron chi connectivity index (χ3n) is 19.7. The predicted octanol–water partition coefficient (Wildman–Crippen LogP) is 11.3. The van der Waals surface area contributed by atoms with Gasteiger partial charge in [0.25, 0.3) is 0 Å². The smallest absolute Gasteiger partial charge is 0.0545 e. The minimum absolute atomic E-state index is 0. The van der Waals surface area contributed by atoms with Gasteiger partial charge in [0, 0.05) is 13.2 Å². The molecule has 302 valence electrons. The van der Waals surface area contributed by atoms with Crippen LogP contribution in [0.4, 0.5) is 0 Å². The molecule has 9 fully saturated rings. The summed E-state index contributed by atoms with van der Waals surface area (Å²) in [5.41, 5.74) is 1.93. The molecule has 0 spiro atoms. The van der Waals surface area contributed by atoms with Gasteiger partial charge < -0.3 is 20.1 Å². The summed E-state index contributed by atoms with van der Waals surface area (Å²) < 4.78 is 4.94. The number of aliphatic hydroxyl groups excluding tert-OH is 3. The Hall–Kier alpha value is 0.130. The Morgan fingerprint density at radius 3 is 1.38 bits per heavy atom. The van der Waals surface area contributed by atoms with Crippen molar-refractivity contribution in [3.05, 3.63) is 0 Å². The van der Waals surface area contributed by atoms with Crippen LogP contribution in [0.15, 0.2) is 0 Å². The lowest BCUT2D eigenvalue weighted by molar-refractivity contribution is -0.132. The number of ether oxygens (including phenoxy) is 1. The van der Waals surface area contributed by atoms with E-state index < -0.39 is 0 Å². The van der Waals surface area contributed by atoms with Gasteiger partial charge in [-0.25, -0.2) is 0 Å². The van der Waals surface area contributed by atoms with Gasteiger partial charge in [-0.3, -0.25) is 0 Å². The van der Waals surface area contributed by atoms with Gasteiger partial charge >= 0.3 is 0 Å². The Labute approximate surface area is 326 Å². The molecule has 0 aromatic carbocycles. The van der Waals surface area contributed by atoms with E-state index in [1.165, 1.54) is 116 Å². The number of fused-ring (bicyclic) bond motifs is 10. The predicted molar refractivity (Wildman–Crippen MR) is 216 cm³/mol. The molecule has 0 radical (unpaired) electrons. The van der Waals surface area contributed by atoms with Crippen LogP contribution in [0.25, 0.3) is 0 Å². The van der Waals surface area contributed by atoms with Crippen LogP contribution in [0.5, 0.6) is 0 Å². The van der Waals surface area contributed by atoms with Crippen LogP contribution in [-0.4, -0.2) is 46.8 Å². The molecule has 1 aliphatic heterocycles. The zero-order valence-electron chi connectivity index (χ0n) is 34.8. The molecule has 8 saturated carbocycles. The van der Waals surface area contributed by atoms with Gasteiger partial charge in [-0.05, 0) is 223 Å². The minimum Gasteiger partial charge on any atom is -0.393 e. The summed E-state index contributed by atoms with van der Waals surface area (Å²) in [7, 11) is 0. The zero-order chi connectivity index (χ0) is 36.3. The molecule has 8 aliphatic carbocycles. The lowest BCUT2D eigenvalue weighted by Gasteiger charge is -2.61. The maximum Gasteiger partial charge on any atom is 0.0545 e. The first-order chi connectivity index (χ1) is 24.2. The Morgan fingerprint density at radius 1 is 0.519 bits per heavy atom. The molecule has 0 aromatic heterocycles. The van der Waals surface area contributed by atoms with Crippen LogP contribution in [0.1, 0.15) is 177 Å². The summed E-state index contributed by atoms with van der Waals surface area (Å²) in [6.07, 6.45) is 26.5. The molecule has 1 heterocycles. The van der Waals surface area contributed by atoms with Crippen LogP contribution in [-0.2, 0) is 4.74 Å². The van der Waals surface area contributed by atoms with E-state index in [0.717, 1.165) is 79.3 Å². The van der Waals surface area contributed by atoms with Crippen LogP contribution < -0.4 is 0 Å².